The van der Waals surface area contributed by atoms with E-state index in [0.29, 0.717) is 11.7 Å². The summed E-state index contributed by atoms with van der Waals surface area (Å²) < 4.78 is 0. The number of rotatable bonds is 2. The molecule has 5 nitrogen and oxygen atoms in total. The van der Waals surface area contributed by atoms with Crippen LogP contribution in [0.2, 0.25) is 0 Å². The zero-order valence-electron chi connectivity index (χ0n) is 13.3. The summed E-state index contributed by atoms with van der Waals surface area (Å²) in [7, 11) is 0. The molecule has 0 atom stereocenters. The van der Waals surface area contributed by atoms with Crippen LogP contribution in [0.1, 0.15) is 29.9 Å². The van der Waals surface area contributed by atoms with Gasteiger partial charge in [0, 0.05) is 17.3 Å². The van der Waals surface area contributed by atoms with Crippen LogP contribution in [0.4, 0.5) is 11.4 Å². The fraction of sp³-hybridized carbons (Fsp3) is 0.333. The summed E-state index contributed by atoms with van der Waals surface area (Å²) in [4.78, 5) is 8.78. The molecule has 2 heterocycles. The van der Waals surface area contributed by atoms with Gasteiger partial charge >= 0.3 is 0 Å². The minimum Gasteiger partial charge on any atom is -0.399 e. The van der Waals surface area contributed by atoms with Crippen LogP contribution < -0.4 is 16.4 Å². The molecule has 2 aromatic rings. The predicted molar refractivity (Wildman–Crippen MR) is 93.1 cm³/mol. The average molecular weight is 307 g/mol. The lowest BCUT2D eigenvalue weighted by Gasteiger charge is -2.24. The van der Waals surface area contributed by atoms with Crippen molar-refractivity contribution in [3.8, 4) is 11.8 Å². The number of hydrogen-bond acceptors (Lipinski definition) is 5. The van der Waals surface area contributed by atoms with Crippen LogP contribution in [0, 0.1) is 18.8 Å². The van der Waals surface area contributed by atoms with Crippen molar-refractivity contribution in [2.75, 3.05) is 24.1 Å². The first-order valence-corrected chi connectivity index (χ1v) is 7.89. The van der Waals surface area contributed by atoms with E-state index in [1.165, 1.54) is 0 Å². The summed E-state index contributed by atoms with van der Waals surface area (Å²) in [5, 5.41) is 6.90. The Morgan fingerprint density at radius 3 is 2.87 bits per heavy atom. The summed E-state index contributed by atoms with van der Waals surface area (Å²) in [5.74, 6) is 7.01. The third-order valence-electron chi connectivity index (χ3n) is 3.82. The molecule has 23 heavy (non-hydrogen) atoms. The number of nitrogens with one attached hydrogen (secondary N) is 2. The molecule has 118 valence electrons. The Morgan fingerprint density at radius 2 is 2.09 bits per heavy atom. The Hall–Kier alpha value is -2.58. The number of aryl methyl sites for hydroxylation is 1. The van der Waals surface area contributed by atoms with Gasteiger partial charge < -0.3 is 16.4 Å². The first kappa shape index (κ1) is 15.3. The number of piperidine rings is 1. The highest BCUT2D eigenvalue weighted by Crippen LogP contribution is 2.16. The lowest BCUT2D eigenvalue weighted by molar-refractivity contribution is 0.479. The molecule has 1 aromatic heterocycles. The minimum absolute atomic E-state index is 0.440. The monoisotopic (exact) mass is 307 g/mol. The van der Waals surface area contributed by atoms with Crippen molar-refractivity contribution >= 4 is 11.4 Å². The molecule has 1 saturated heterocycles. The SMILES string of the molecule is Cc1ncc(NC2CCNCC2)c(C#Cc2cccc(N)c2)n1. The van der Waals surface area contributed by atoms with E-state index in [1.54, 1.807) is 0 Å². The van der Waals surface area contributed by atoms with E-state index in [9.17, 15) is 0 Å². The topological polar surface area (TPSA) is 75.9 Å². The second kappa shape index (κ2) is 7.12. The van der Waals surface area contributed by atoms with Crippen LogP contribution in [0.3, 0.4) is 0 Å². The van der Waals surface area contributed by atoms with E-state index < -0.39 is 0 Å². The number of anilines is 2. The zero-order chi connectivity index (χ0) is 16.1. The van der Waals surface area contributed by atoms with E-state index in [0.717, 1.165) is 48.7 Å². The number of aromatic nitrogens is 2. The molecule has 0 saturated carbocycles. The van der Waals surface area contributed by atoms with Crippen molar-refractivity contribution < 1.29 is 0 Å². The Morgan fingerprint density at radius 1 is 1.26 bits per heavy atom. The van der Waals surface area contributed by atoms with Gasteiger partial charge in [-0.05, 0) is 57.0 Å². The van der Waals surface area contributed by atoms with Gasteiger partial charge in [0.2, 0.25) is 0 Å². The minimum atomic E-state index is 0.440. The van der Waals surface area contributed by atoms with E-state index in [2.05, 4.69) is 32.4 Å². The zero-order valence-corrected chi connectivity index (χ0v) is 13.3. The number of nitrogens with two attached hydrogens (primary N) is 1. The molecular formula is C18H21N5. The Labute approximate surface area is 136 Å². The second-order valence-electron chi connectivity index (χ2n) is 5.72. The maximum absolute atomic E-state index is 5.79. The Balaban J connectivity index is 1.84. The third-order valence-corrected chi connectivity index (χ3v) is 3.82. The predicted octanol–water partition coefficient (Wildman–Crippen LogP) is 1.93. The summed E-state index contributed by atoms with van der Waals surface area (Å²) in [6.07, 6.45) is 4.01. The normalized spacial score (nSPS) is 14.8. The molecule has 1 fully saturated rings. The van der Waals surface area contributed by atoms with Gasteiger partial charge in [-0.1, -0.05) is 12.0 Å². The lowest BCUT2D eigenvalue weighted by atomic mass is 10.1. The molecule has 0 amide bonds. The summed E-state index contributed by atoms with van der Waals surface area (Å²) in [5.41, 5.74) is 9.03. The van der Waals surface area contributed by atoms with Crippen molar-refractivity contribution in [3.05, 3.63) is 47.5 Å². The second-order valence-corrected chi connectivity index (χ2v) is 5.72. The molecule has 3 rings (SSSR count). The number of benzene rings is 1. The van der Waals surface area contributed by atoms with Gasteiger partial charge in [-0.2, -0.15) is 0 Å². The molecule has 1 aliphatic rings. The highest BCUT2D eigenvalue weighted by molar-refractivity contribution is 5.57. The van der Waals surface area contributed by atoms with Gasteiger partial charge in [0.05, 0.1) is 11.9 Å². The summed E-state index contributed by atoms with van der Waals surface area (Å²) >= 11 is 0. The molecule has 0 spiro atoms. The van der Waals surface area contributed by atoms with Gasteiger partial charge in [-0.3, -0.25) is 0 Å². The number of nitrogen functional groups attached to an aromatic ring is 1. The lowest BCUT2D eigenvalue weighted by Crippen LogP contribution is -2.35. The van der Waals surface area contributed by atoms with Crippen LogP contribution in [0.15, 0.2) is 30.5 Å². The Kier molecular flexibility index (Phi) is 4.74. The molecular weight excluding hydrogens is 286 g/mol. The summed E-state index contributed by atoms with van der Waals surface area (Å²) in [6.45, 7) is 3.95. The molecule has 1 aromatic carbocycles. The van der Waals surface area contributed by atoms with Crippen molar-refractivity contribution in [1.82, 2.24) is 15.3 Å². The van der Waals surface area contributed by atoms with Gasteiger partial charge in [-0.25, -0.2) is 9.97 Å². The molecule has 1 aliphatic heterocycles. The van der Waals surface area contributed by atoms with Gasteiger partial charge in [0.25, 0.3) is 0 Å². The van der Waals surface area contributed by atoms with Gasteiger partial charge in [0.15, 0.2) is 0 Å². The fourth-order valence-corrected chi connectivity index (χ4v) is 2.60. The van der Waals surface area contributed by atoms with Gasteiger partial charge in [0.1, 0.15) is 11.5 Å². The van der Waals surface area contributed by atoms with E-state index >= 15 is 0 Å². The third kappa shape index (κ3) is 4.21. The maximum atomic E-state index is 5.79. The highest BCUT2D eigenvalue weighted by Gasteiger charge is 2.14. The van der Waals surface area contributed by atoms with Crippen molar-refractivity contribution in [2.24, 2.45) is 0 Å². The maximum Gasteiger partial charge on any atom is 0.140 e. The van der Waals surface area contributed by atoms with Crippen LogP contribution in [-0.4, -0.2) is 29.1 Å². The fourth-order valence-electron chi connectivity index (χ4n) is 2.60. The molecule has 4 N–H and O–H groups in total. The molecule has 5 heteroatoms. The molecule has 0 bridgehead atoms. The Bertz CT molecular complexity index is 739. The first-order chi connectivity index (χ1) is 11.2. The highest BCUT2D eigenvalue weighted by atomic mass is 15.0. The largest absolute Gasteiger partial charge is 0.399 e. The average Bonchev–Trinajstić information content (AvgIpc) is 2.56. The quantitative estimate of drug-likeness (QED) is 0.584. The molecule has 0 radical (unpaired) electrons. The smallest absolute Gasteiger partial charge is 0.140 e. The van der Waals surface area contributed by atoms with Crippen LogP contribution in [-0.2, 0) is 0 Å². The van der Waals surface area contributed by atoms with Crippen LogP contribution in [0.5, 0.6) is 0 Å². The number of hydrogen-bond donors (Lipinski definition) is 3. The van der Waals surface area contributed by atoms with E-state index in [1.807, 2.05) is 37.4 Å². The van der Waals surface area contributed by atoms with E-state index in [4.69, 9.17) is 5.73 Å². The van der Waals surface area contributed by atoms with Crippen molar-refractivity contribution in [3.63, 3.8) is 0 Å². The van der Waals surface area contributed by atoms with Crippen LogP contribution >= 0.6 is 0 Å². The standard InChI is InChI=1S/C18H21N5/c1-13-21-12-18(23-16-7-9-20-10-8-16)17(22-13)6-5-14-3-2-4-15(19)11-14/h2-4,11-12,16,20,23H,7-10,19H2,1H3. The molecule has 0 unspecified atom stereocenters. The summed E-state index contributed by atoms with van der Waals surface area (Å²) in [6, 6.07) is 8.00. The van der Waals surface area contributed by atoms with E-state index in [-0.39, 0.29) is 0 Å². The van der Waals surface area contributed by atoms with Crippen molar-refractivity contribution in [1.29, 1.82) is 0 Å². The van der Waals surface area contributed by atoms with Crippen LogP contribution in [0.25, 0.3) is 0 Å². The first-order valence-electron chi connectivity index (χ1n) is 7.89. The van der Waals surface area contributed by atoms with Crippen molar-refractivity contribution in [2.45, 2.75) is 25.8 Å². The molecule has 0 aliphatic carbocycles. The van der Waals surface area contributed by atoms with Gasteiger partial charge in [-0.15, -0.1) is 0 Å². The number of nitrogens with zero attached hydrogens (tertiary/aromatic N) is 2.